The Morgan fingerprint density at radius 2 is 2.10 bits per heavy atom. The smallest absolute Gasteiger partial charge is 0.238 e. The van der Waals surface area contributed by atoms with Gasteiger partial charge in [0.05, 0.1) is 16.0 Å². The molecule has 1 heterocycles. The number of carbonyl (C=O) groups is 1. The zero-order chi connectivity index (χ0) is 15.3. The maximum absolute atomic E-state index is 11.7. The number of primary sulfonamides is 1. The molecule has 1 amide bonds. The van der Waals surface area contributed by atoms with Gasteiger partial charge in [0.25, 0.3) is 0 Å². The van der Waals surface area contributed by atoms with Gasteiger partial charge in [-0.05, 0) is 17.7 Å². The number of benzene rings is 1. The molecule has 1 aliphatic heterocycles. The van der Waals surface area contributed by atoms with E-state index in [2.05, 4.69) is 21.7 Å². The maximum atomic E-state index is 11.7. The lowest BCUT2D eigenvalue weighted by Crippen LogP contribution is -2.33. The van der Waals surface area contributed by atoms with Crippen molar-refractivity contribution in [2.75, 3.05) is 12.3 Å². The molecular formula is C11H17N5O3S2. The molecule has 8 nitrogen and oxygen atoms in total. The number of hydrogen-bond donors (Lipinski definition) is 5. The van der Waals surface area contributed by atoms with Crippen LogP contribution in [0.3, 0.4) is 0 Å². The van der Waals surface area contributed by atoms with E-state index >= 15 is 0 Å². The average molecular weight is 331 g/mol. The van der Waals surface area contributed by atoms with Crippen LogP contribution in [0.25, 0.3) is 0 Å². The van der Waals surface area contributed by atoms with Gasteiger partial charge in [0.2, 0.25) is 15.9 Å². The van der Waals surface area contributed by atoms with Crippen molar-refractivity contribution in [3.63, 3.8) is 0 Å². The van der Waals surface area contributed by atoms with Crippen LogP contribution in [0, 0.1) is 0 Å². The highest BCUT2D eigenvalue weighted by Gasteiger charge is 2.15. The van der Waals surface area contributed by atoms with E-state index in [1.54, 1.807) is 12.1 Å². The summed E-state index contributed by atoms with van der Waals surface area (Å²) in [5.41, 5.74) is 9.43. The summed E-state index contributed by atoms with van der Waals surface area (Å²) in [6.45, 7) is 1.09. The number of rotatable bonds is 6. The van der Waals surface area contributed by atoms with E-state index in [9.17, 15) is 13.2 Å². The standard InChI is InChI=1S/C11H17N5O3S2/c12-21(18,19)9-3-1-8(2-4-9)5-13-10(17)7-20-11-6-14-16-15-11/h1-4,11,14-16H,5-7H2,(H,13,17)(H2,12,18,19). The van der Waals surface area contributed by atoms with Gasteiger partial charge in [-0.3, -0.25) is 4.79 Å². The van der Waals surface area contributed by atoms with Gasteiger partial charge in [-0.15, -0.1) is 11.8 Å². The molecule has 0 bridgehead atoms. The Morgan fingerprint density at radius 3 is 2.67 bits per heavy atom. The Morgan fingerprint density at radius 1 is 1.38 bits per heavy atom. The predicted octanol–water partition coefficient (Wildman–Crippen LogP) is -1.38. The fraction of sp³-hybridized carbons (Fsp3) is 0.364. The van der Waals surface area contributed by atoms with E-state index in [1.807, 2.05) is 0 Å². The van der Waals surface area contributed by atoms with E-state index in [0.717, 1.165) is 12.1 Å². The van der Waals surface area contributed by atoms with Gasteiger partial charge in [-0.2, -0.15) is 5.53 Å². The minimum atomic E-state index is -3.68. The molecular weight excluding hydrogens is 314 g/mol. The Balaban J connectivity index is 1.75. The van der Waals surface area contributed by atoms with Gasteiger partial charge in [0.15, 0.2) is 0 Å². The molecule has 1 atom stereocenters. The topological polar surface area (TPSA) is 125 Å². The van der Waals surface area contributed by atoms with Crippen molar-refractivity contribution in [1.82, 2.24) is 21.7 Å². The zero-order valence-electron chi connectivity index (χ0n) is 11.1. The van der Waals surface area contributed by atoms with E-state index in [4.69, 9.17) is 5.14 Å². The summed E-state index contributed by atoms with van der Waals surface area (Å²) in [7, 11) is -3.68. The molecule has 1 aromatic rings. The quantitative estimate of drug-likeness (QED) is 0.435. The number of nitrogens with two attached hydrogens (primary N) is 1. The highest BCUT2D eigenvalue weighted by molar-refractivity contribution is 8.00. The first kappa shape index (κ1) is 16.2. The summed E-state index contributed by atoms with van der Waals surface area (Å²) in [6.07, 6.45) is 0. The van der Waals surface area contributed by atoms with Crippen molar-refractivity contribution in [2.24, 2.45) is 5.14 Å². The second-order valence-corrected chi connectivity index (χ2v) is 7.17. The first-order chi connectivity index (χ1) is 9.95. The Bertz CT molecular complexity index is 584. The monoisotopic (exact) mass is 331 g/mol. The number of hydrazine groups is 2. The lowest BCUT2D eigenvalue weighted by atomic mass is 10.2. The van der Waals surface area contributed by atoms with Crippen molar-refractivity contribution in [1.29, 1.82) is 0 Å². The lowest BCUT2D eigenvalue weighted by Gasteiger charge is -2.09. The highest BCUT2D eigenvalue weighted by atomic mass is 32.2. The molecule has 6 N–H and O–H groups in total. The number of nitrogens with one attached hydrogen (secondary N) is 4. The van der Waals surface area contributed by atoms with Gasteiger partial charge < -0.3 is 5.32 Å². The van der Waals surface area contributed by atoms with E-state index in [-0.39, 0.29) is 16.2 Å². The van der Waals surface area contributed by atoms with Crippen molar-refractivity contribution in [3.05, 3.63) is 29.8 Å². The summed E-state index contributed by atoms with van der Waals surface area (Å²) in [6, 6.07) is 6.09. The molecule has 0 radical (unpaired) electrons. The predicted molar refractivity (Wildman–Crippen MR) is 80.2 cm³/mol. The third-order valence-corrected chi connectivity index (χ3v) is 4.81. The first-order valence-electron chi connectivity index (χ1n) is 6.18. The maximum Gasteiger partial charge on any atom is 0.238 e. The van der Waals surface area contributed by atoms with Crippen LogP contribution in [0.5, 0.6) is 0 Å². The Hall–Kier alpha value is -1.17. The highest BCUT2D eigenvalue weighted by Crippen LogP contribution is 2.10. The molecule has 0 spiro atoms. The molecule has 0 aliphatic carbocycles. The molecule has 116 valence electrons. The van der Waals surface area contributed by atoms with Crippen LogP contribution in [0.2, 0.25) is 0 Å². The fourth-order valence-corrected chi connectivity index (χ4v) is 2.97. The molecule has 1 aromatic carbocycles. The van der Waals surface area contributed by atoms with Crippen molar-refractivity contribution < 1.29 is 13.2 Å². The van der Waals surface area contributed by atoms with E-state index < -0.39 is 10.0 Å². The van der Waals surface area contributed by atoms with E-state index in [1.165, 1.54) is 23.9 Å². The third-order valence-electron chi connectivity index (χ3n) is 2.77. The van der Waals surface area contributed by atoms with Gasteiger partial charge >= 0.3 is 0 Å². The molecule has 10 heteroatoms. The van der Waals surface area contributed by atoms with E-state index in [0.29, 0.717) is 12.3 Å². The minimum absolute atomic E-state index is 0.0560. The Kier molecular flexibility index (Phi) is 5.56. The third kappa shape index (κ3) is 5.26. The summed E-state index contributed by atoms with van der Waals surface area (Å²) in [4.78, 5) is 11.7. The van der Waals surface area contributed by atoms with Crippen LogP contribution in [-0.2, 0) is 21.4 Å². The Labute approximate surface area is 127 Å². The molecule has 1 aliphatic rings. The number of carbonyl (C=O) groups excluding carboxylic acids is 1. The fourth-order valence-electron chi connectivity index (χ4n) is 1.65. The largest absolute Gasteiger partial charge is 0.351 e. The van der Waals surface area contributed by atoms with Crippen molar-refractivity contribution in [3.8, 4) is 0 Å². The molecule has 21 heavy (non-hydrogen) atoms. The molecule has 0 aromatic heterocycles. The van der Waals surface area contributed by atoms with Gasteiger partial charge in [-0.25, -0.2) is 24.4 Å². The molecule has 1 saturated heterocycles. The van der Waals surface area contributed by atoms with Gasteiger partial charge in [0.1, 0.15) is 0 Å². The summed E-state index contributed by atoms with van der Waals surface area (Å²) < 4.78 is 22.2. The molecule has 2 rings (SSSR count). The van der Waals surface area contributed by atoms with Crippen LogP contribution in [-0.4, -0.2) is 32.0 Å². The molecule has 0 saturated carbocycles. The van der Waals surface area contributed by atoms with Crippen LogP contribution >= 0.6 is 11.8 Å². The van der Waals surface area contributed by atoms with Gasteiger partial charge in [0, 0.05) is 13.1 Å². The second kappa shape index (κ2) is 7.20. The SMILES string of the molecule is NS(=O)(=O)c1ccc(CNC(=O)CSC2CNNN2)cc1. The lowest BCUT2D eigenvalue weighted by molar-refractivity contribution is -0.118. The van der Waals surface area contributed by atoms with Crippen LogP contribution < -0.4 is 26.8 Å². The summed E-state index contributed by atoms with van der Waals surface area (Å²) in [5.74, 6) is 0.264. The normalized spacial score (nSPS) is 18.6. The summed E-state index contributed by atoms with van der Waals surface area (Å²) in [5, 5.41) is 7.94. The second-order valence-electron chi connectivity index (χ2n) is 4.42. The molecule has 1 fully saturated rings. The minimum Gasteiger partial charge on any atom is -0.351 e. The van der Waals surface area contributed by atoms with Crippen LogP contribution in [0.15, 0.2) is 29.2 Å². The summed E-state index contributed by atoms with van der Waals surface area (Å²) >= 11 is 1.49. The van der Waals surface area contributed by atoms with Gasteiger partial charge in [-0.1, -0.05) is 12.1 Å². The first-order valence-corrected chi connectivity index (χ1v) is 8.78. The van der Waals surface area contributed by atoms with Crippen LogP contribution in [0.1, 0.15) is 5.56 Å². The van der Waals surface area contributed by atoms with Crippen molar-refractivity contribution in [2.45, 2.75) is 16.8 Å². The molecule has 1 unspecified atom stereocenters. The number of sulfonamides is 1. The van der Waals surface area contributed by atoms with Crippen molar-refractivity contribution >= 4 is 27.7 Å². The number of thioether (sulfide) groups is 1. The number of hydrogen-bond acceptors (Lipinski definition) is 7. The number of amides is 1. The van der Waals surface area contributed by atoms with Crippen LogP contribution in [0.4, 0.5) is 0 Å². The zero-order valence-corrected chi connectivity index (χ0v) is 12.8. The average Bonchev–Trinajstić information content (AvgIpc) is 2.95.